The summed E-state index contributed by atoms with van der Waals surface area (Å²) in [6.45, 7) is 0. The van der Waals surface area contributed by atoms with Crippen LogP contribution in [0.3, 0.4) is 0 Å². The van der Waals surface area contributed by atoms with Crippen LogP contribution in [-0.2, 0) is 0 Å². The second-order valence-corrected chi connectivity index (χ2v) is 5.70. The van der Waals surface area contributed by atoms with Gasteiger partial charge in [0.05, 0.1) is 11.7 Å². The van der Waals surface area contributed by atoms with E-state index in [-0.39, 0.29) is 0 Å². The fourth-order valence-electron chi connectivity index (χ4n) is 2.88. The lowest BCUT2D eigenvalue weighted by Gasteiger charge is -2.15. The van der Waals surface area contributed by atoms with E-state index >= 15 is 0 Å². The zero-order valence-corrected chi connectivity index (χ0v) is 11.8. The molecule has 0 bridgehead atoms. The van der Waals surface area contributed by atoms with E-state index in [9.17, 15) is 0 Å². The van der Waals surface area contributed by atoms with Gasteiger partial charge in [0.2, 0.25) is 0 Å². The molecule has 1 aromatic heterocycles. The van der Waals surface area contributed by atoms with E-state index in [2.05, 4.69) is 12.1 Å². The van der Waals surface area contributed by atoms with Crippen molar-refractivity contribution in [3.8, 4) is 11.3 Å². The van der Waals surface area contributed by atoms with Crippen molar-refractivity contribution < 1.29 is 0 Å². The topological polar surface area (TPSA) is 17.8 Å². The summed E-state index contributed by atoms with van der Waals surface area (Å²) < 4.78 is 2.04. The van der Waals surface area contributed by atoms with Gasteiger partial charge in [-0.1, -0.05) is 67.6 Å². The summed E-state index contributed by atoms with van der Waals surface area (Å²) >= 11 is 6.38. The minimum absolute atomic E-state index is 0.479. The first-order valence-electron chi connectivity index (χ1n) is 7.15. The van der Waals surface area contributed by atoms with Crippen LogP contribution < -0.4 is 0 Å². The number of benzene rings is 1. The number of rotatable bonds is 2. The quantitative estimate of drug-likeness (QED) is 0.697. The monoisotopic (exact) mass is 274 g/mol. The molecule has 0 amide bonds. The average molecular weight is 275 g/mol. The highest BCUT2D eigenvalue weighted by Crippen LogP contribution is 2.31. The molecule has 0 atom stereocenters. The maximum absolute atomic E-state index is 6.38. The van der Waals surface area contributed by atoms with Crippen LogP contribution in [0.4, 0.5) is 0 Å². The van der Waals surface area contributed by atoms with E-state index in [0.717, 1.165) is 16.4 Å². The van der Waals surface area contributed by atoms with Gasteiger partial charge in [-0.15, -0.1) is 0 Å². The van der Waals surface area contributed by atoms with Gasteiger partial charge >= 0.3 is 0 Å². The van der Waals surface area contributed by atoms with Crippen LogP contribution >= 0.6 is 11.6 Å². The summed E-state index contributed by atoms with van der Waals surface area (Å²) in [5.41, 5.74) is 2.12. The second-order valence-electron chi connectivity index (χ2n) is 5.31. The smallest absolute Gasteiger partial charge is 0.128 e. The molecule has 1 aliphatic rings. The van der Waals surface area contributed by atoms with Crippen molar-refractivity contribution in [3.05, 3.63) is 41.6 Å². The molecule has 2 aromatic rings. The minimum atomic E-state index is 0.479. The molecule has 3 heteroatoms. The molecular weight excluding hydrogens is 256 g/mol. The van der Waals surface area contributed by atoms with Gasteiger partial charge < -0.3 is 0 Å². The summed E-state index contributed by atoms with van der Waals surface area (Å²) in [6.07, 6.45) is 7.69. The Morgan fingerprint density at radius 2 is 1.68 bits per heavy atom. The van der Waals surface area contributed by atoms with Gasteiger partial charge in [-0.3, -0.25) is 4.68 Å². The molecule has 0 saturated heterocycles. The lowest BCUT2D eigenvalue weighted by atomic mass is 10.1. The molecule has 1 saturated carbocycles. The van der Waals surface area contributed by atoms with E-state index in [4.69, 9.17) is 16.7 Å². The van der Waals surface area contributed by atoms with Crippen LogP contribution in [0.1, 0.15) is 44.6 Å². The van der Waals surface area contributed by atoms with Crippen molar-refractivity contribution >= 4 is 11.6 Å². The third-order valence-corrected chi connectivity index (χ3v) is 4.21. The molecule has 19 heavy (non-hydrogen) atoms. The molecule has 0 aliphatic heterocycles. The van der Waals surface area contributed by atoms with Crippen LogP contribution in [0.15, 0.2) is 36.4 Å². The Balaban J connectivity index is 1.88. The van der Waals surface area contributed by atoms with E-state index in [1.807, 2.05) is 28.9 Å². The molecule has 2 nitrogen and oxygen atoms in total. The third kappa shape index (κ3) is 2.84. The van der Waals surface area contributed by atoms with Crippen LogP contribution in [0.5, 0.6) is 0 Å². The van der Waals surface area contributed by atoms with E-state index < -0.39 is 0 Å². The fraction of sp³-hybridized carbons (Fsp3) is 0.438. The maximum atomic E-state index is 6.38. The molecule has 1 fully saturated rings. The van der Waals surface area contributed by atoms with Gasteiger partial charge in [0.15, 0.2) is 0 Å². The summed E-state index contributed by atoms with van der Waals surface area (Å²) in [6, 6.07) is 12.7. The van der Waals surface area contributed by atoms with Gasteiger partial charge in [0.1, 0.15) is 5.15 Å². The zero-order chi connectivity index (χ0) is 13.1. The average Bonchev–Trinajstić information content (AvgIpc) is 2.66. The van der Waals surface area contributed by atoms with E-state index in [1.165, 1.54) is 38.5 Å². The van der Waals surface area contributed by atoms with Crippen LogP contribution in [0, 0.1) is 0 Å². The summed E-state index contributed by atoms with van der Waals surface area (Å²) in [4.78, 5) is 0. The van der Waals surface area contributed by atoms with Crippen molar-refractivity contribution in [2.75, 3.05) is 0 Å². The molecule has 1 heterocycles. The molecule has 3 rings (SSSR count). The Kier molecular flexibility index (Phi) is 3.88. The van der Waals surface area contributed by atoms with Crippen molar-refractivity contribution in [1.29, 1.82) is 0 Å². The molecule has 0 unspecified atom stereocenters. The van der Waals surface area contributed by atoms with Crippen LogP contribution in [-0.4, -0.2) is 9.78 Å². The molecule has 0 N–H and O–H groups in total. The molecule has 0 radical (unpaired) electrons. The highest BCUT2D eigenvalue weighted by molar-refractivity contribution is 6.29. The standard InChI is InChI=1S/C16H19ClN2/c17-16-12-15(13-8-4-3-5-9-13)18-19(16)14-10-6-1-2-7-11-14/h3-5,8-9,12,14H,1-2,6-7,10-11H2. The Labute approximate surface area is 119 Å². The summed E-state index contributed by atoms with van der Waals surface area (Å²) in [5, 5.41) is 5.50. The van der Waals surface area contributed by atoms with Crippen molar-refractivity contribution in [3.63, 3.8) is 0 Å². The van der Waals surface area contributed by atoms with Gasteiger partial charge in [-0.05, 0) is 12.8 Å². The Hall–Kier alpha value is -1.28. The minimum Gasteiger partial charge on any atom is -0.250 e. The van der Waals surface area contributed by atoms with Crippen molar-refractivity contribution in [2.24, 2.45) is 0 Å². The van der Waals surface area contributed by atoms with Gasteiger partial charge in [0.25, 0.3) is 0 Å². The van der Waals surface area contributed by atoms with E-state index in [1.54, 1.807) is 0 Å². The Morgan fingerprint density at radius 1 is 1.00 bits per heavy atom. The first-order valence-corrected chi connectivity index (χ1v) is 7.53. The lowest BCUT2D eigenvalue weighted by molar-refractivity contribution is 0.407. The highest BCUT2D eigenvalue weighted by atomic mass is 35.5. The molecule has 1 aliphatic carbocycles. The number of halogens is 1. The Bertz CT molecular complexity index is 525. The number of aromatic nitrogens is 2. The summed E-state index contributed by atoms with van der Waals surface area (Å²) in [5.74, 6) is 0. The third-order valence-electron chi connectivity index (χ3n) is 3.93. The van der Waals surface area contributed by atoms with E-state index in [0.29, 0.717) is 6.04 Å². The van der Waals surface area contributed by atoms with Gasteiger partial charge in [0, 0.05) is 11.6 Å². The normalized spacial score (nSPS) is 17.3. The number of nitrogens with zero attached hydrogens (tertiary/aromatic N) is 2. The maximum Gasteiger partial charge on any atom is 0.128 e. The number of hydrogen-bond donors (Lipinski definition) is 0. The largest absolute Gasteiger partial charge is 0.250 e. The SMILES string of the molecule is Clc1cc(-c2ccccc2)nn1C1CCCCCC1. The van der Waals surface area contributed by atoms with Gasteiger partial charge in [-0.25, -0.2) is 0 Å². The second kappa shape index (κ2) is 5.79. The molecular formula is C16H19ClN2. The van der Waals surface area contributed by atoms with Crippen LogP contribution in [0.25, 0.3) is 11.3 Å². The number of hydrogen-bond acceptors (Lipinski definition) is 1. The fourth-order valence-corrected chi connectivity index (χ4v) is 3.16. The first kappa shape index (κ1) is 12.7. The highest BCUT2D eigenvalue weighted by Gasteiger charge is 2.18. The van der Waals surface area contributed by atoms with Crippen molar-refractivity contribution in [1.82, 2.24) is 9.78 Å². The molecule has 1 aromatic carbocycles. The summed E-state index contributed by atoms with van der Waals surface area (Å²) in [7, 11) is 0. The Morgan fingerprint density at radius 3 is 2.37 bits per heavy atom. The zero-order valence-electron chi connectivity index (χ0n) is 11.1. The molecule has 0 spiro atoms. The van der Waals surface area contributed by atoms with Crippen LogP contribution in [0.2, 0.25) is 5.15 Å². The lowest BCUT2D eigenvalue weighted by Crippen LogP contribution is -2.09. The first-order chi connectivity index (χ1) is 9.34. The van der Waals surface area contributed by atoms with Crippen molar-refractivity contribution in [2.45, 2.75) is 44.6 Å². The molecule has 100 valence electrons. The predicted molar refractivity (Wildman–Crippen MR) is 79.4 cm³/mol. The van der Waals surface area contributed by atoms with Gasteiger partial charge in [-0.2, -0.15) is 5.10 Å². The predicted octanol–water partition coefficient (Wildman–Crippen LogP) is 5.10.